The fourth-order valence-corrected chi connectivity index (χ4v) is 4.23. The number of nitrogens with zero attached hydrogens (tertiary/aromatic N) is 5. The third kappa shape index (κ3) is 6.42. The Balaban J connectivity index is 1.22. The van der Waals surface area contributed by atoms with Gasteiger partial charge in [-0.2, -0.15) is 5.10 Å². The summed E-state index contributed by atoms with van der Waals surface area (Å²) in [6, 6.07) is 8.18. The number of hydrazone groups is 1. The van der Waals surface area contributed by atoms with Gasteiger partial charge >= 0.3 is 5.97 Å². The van der Waals surface area contributed by atoms with E-state index in [0.717, 1.165) is 62.5 Å². The Morgan fingerprint density at radius 2 is 1.94 bits per heavy atom. The molecule has 10 heteroatoms. The van der Waals surface area contributed by atoms with Gasteiger partial charge in [0.15, 0.2) is 0 Å². The molecular weight excluding hydrogens is 418 g/mol. The van der Waals surface area contributed by atoms with Gasteiger partial charge in [0, 0.05) is 39.1 Å². The Morgan fingerprint density at radius 3 is 2.65 bits per heavy atom. The highest BCUT2D eigenvalue weighted by Crippen LogP contribution is 2.19. The molecule has 1 aromatic carbocycles. The van der Waals surface area contributed by atoms with Crippen LogP contribution in [0.15, 0.2) is 34.5 Å². The Kier molecular flexibility index (Phi) is 7.44. The van der Waals surface area contributed by atoms with Gasteiger partial charge in [-0.3, -0.25) is 19.6 Å². The minimum absolute atomic E-state index is 0.0396. The van der Waals surface area contributed by atoms with Crippen molar-refractivity contribution in [2.75, 3.05) is 59.0 Å². The van der Waals surface area contributed by atoms with Crippen LogP contribution < -0.4 is 0 Å². The molecule has 0 spiro atoms. The topological polar surface area (TPSA) is 90.2 Å². The first-order valence-electron chi connectivity index (χ1n) is 10.6. The lowest BCUT2D eigenvalue weighted by atomic mass is 10.0. The molecule has 0 bridgehead atoms. The SMILES string of the molecule is O=C(O)CN1CCN(CC2CC(c3ccc(/C=N/N4CCOC(S)C4)cc3)=NO2)CC1. The maximum atomic E-state index is 10.8. The van der Waals surface area contributed by atoms with Crippen molar-refractivity contribution in [1.82, 2.24) is 14.8 Å². The second kappa shape index (κ2) is 10.4. The molecule has 1 aromatic rings. The summed E-state index contributed by atoms with van der Waals surface area (Å²) >= 11 is 4.34. The average Bonchev–Trinajstić information content (AvgIpc) is 3.22. The monoisotopic (exact) mass is 447 g/mol. The maximum absolute atomic E-state index is 10.8. The number of piperazine rings is 1. The van der Waals surface area contributed by atoms with Crippen LogP contribution in [0.3, 0.4) is 0 Å². The van der Waals surface area contributed by atoms with E-state index in [1.54, 1.807) is 0 Å². The van der Waals surface area contributed by atoms with Gasteiger partial charge in [-0.25, -0.2) is 0 Å². The highest BCUT2D eigenvalue weighted by atomic mass is 32.1. The summed E-state index contributed by atoms with van der Waals surface area (Å²) in [7, 11) is 0. The number of carboxylic acid groups (broad SMARTS) is 1. The molecule has 2 fully saturated rings. The van der Waals surface area contributed by atoms with Crippen LogP contribution in [0.2, 0.25) is 0 Å². The molecule has 2 saturated heterocycles. The van der Waals surface area contributed by atoms with Crippen LogP contribution in [-0.4, -0.2) is 108 Å². The Labute approximate surface area is 187 Å². The number of hydrogen-bond donors (Lipinski definition) is 2. The molecular formula is C21H29N5O4S. The Morgan fingerprint density at radius 1 is 1.19 bits per heavy atom. The molecule has 0 amide bonds. The van der Waals surface area contributed by atoms with Crippen LogP contribution in [0, 0.1) is 0 Å². The normalized spacial score (nSPS) is 25.6. The number of rotatable bonds is 7. The zero-order valence-electron chi connectivity index (χ0n) is 17.5. The number of ether oxygens (including phenoxy) is 1. The van der Waals surface area contributed by atoms with Gasteiger partial charge in [-0.15, -0.1) is 12.6 Å². The van der Waals surface area contributed by atoms with Crippen molar-refractivity contribution in [3.63, 3.8) is 0 Å². The van der Waals surface area contributed by atoms with E-state index in [1.807, 2.05) is 28.3 Å². The highest BCUT2D eigenvalue weighted by molar-refractivity contribution is 7.80. The second-order valence-electron chi connectivity index (χ2n) is 8.04. The van der Waals surface area contributed by atoms with Crippen LogP contribution >= 0.6 is 12.6 Å². The zero-order valence-corrected chi connectivity index (χ0v) is 18.4. The third-order valence-electron chi connectivity index (χ3n) is 5.66. The molecule has 0 aromatic heterocycles. The summed E-state index contributed by atoms with van der Waals surface area (Å²) in [5, 5.41) is 19.7. The molecule has 1 N–H and O–H groups in total. The number of hydrogen-bond acceptors (Lipinski definition) is 9. The molecule has 3 heterocycles. The number of morpholine rings is 1. The van der Waals surface area contributed by atoms with Gasteiger partial charge < -0.3 is 14.7 Å². The van der Waals surface area contributed by atoms with E-state index in [2.05, 4.69) is 39.9 Å². The van der Waals surface area contributed by atoms with Crippen LogP contribution in [0.1, 0.15) is 17.5 Å². The summed E-state index contributed by atoms with van der Waals surface area (Å²) in [6.45, 7) is 6.28. The van der Waals surface area contributed by atoms with Crippen LogP contribution in [-0.2, 0) is 14.4 Å². The summed E-state index contributed by atoms with van der Waals surface area (Å²) in [6.07, 6.45) is 2.67. The Hall–Kier alpha value is -2.14. The first-order valence-corrected chi connectivity index (χ1v) is 11.1. The van der Waals surface area contributed by atoms with Gasteiger partial charge in [-0.05, 0) is 11.1 Å². The largest absolute Gasteiger partial charge is 0.480 e. The second-order valence-corrected chi connectivity index (χ2v) is 8.62. The minimum Gasteiger partial charge on any atom is -0.480 e. The van der Waals surface area contributed by atoms with Crippen LogP contribution in [0.5, 0.6) is 0 Å². The fourth-order valence-electron chi connectivity index (χ4n) is 3.94. The first kappa shape index (κ1) is 22.1. The molecule has 2 unspecified atom stereocenters. The summed E-state index contributed by atoms with van der Waals surface area (Å²) < 4.78 is 5.40. The number of aliphatic carboxylic acids is 1. The maximum Gasteiger partial charge on any atom is 0.317 e. The minimum atomic E-state index is -0.768. The van der Waals surface area contributed by atoms with E-state index in [0.29, 0.717) is 13.2 Å². The molecule has 3 aliphatic rings. The molecule has 0 radical (unpaired) electrons. The lowest BCUT2D eigenvalue weighted by Crippen LogP contribution is -2.49. The quantitative estimate of drug-likeness (QED) is 0.472. The molecule has 168 valence electrons. The van der Waals surface area contributed by atoms with E-state index >= 15 is 0 Å². The van der Waals surface area contributed by atoms with Gasteiger partial charge in [0.2, 0.25) is 0 Å². The van der Waals surface area contributed by atoms with Gasteiger partial charge in [0.1, 0.15) is 11.5 Å². The van der Waals surface area contributed by atoms with E-state index in [9.17, 15) is 4.79 Å². The third-order valence-corrected chi connectivity index (χ3v) is 5.97. The van der Waals surface area contributed by atoms with Gasteiger partial charge in [0.05, 0.1) is 38.2 Å². The average molecular weight is 448 g/mol. The van der Waals surface area contributed by atoms with Gasteiger partial charge in [-0.1, -0.05) is 29.4 Å². The molecule has 3 aliphatic heterocycles. The molecule has 0 aliphatic carbocycles. The lowest BCUT2D eigenvalue weighted by molar-refractivity contribution is -0.138. The summed E-state index contributed by atoms with van der Waals surface area (Å²) in [4.78, 5) is 20.8. The van der Waals surface area contributed by atoms with Crippen LogP contribution in [0.4, 0.5) is 0 Å². The number of carbonyl (C=O) groups is 1. The van der Waals surface area contributed by atoms with Crippen molar-refractivity contribution in [2.24, 2.45) is 10.3 Å². The van der Waals surface area contributed by atoms with E-state index < -0.39 is 5.97 Å². The smallest absolute Gasteiger partial charge is 0.317 e. The zero-order chi connectivity index (χ0) is 21.6. The number of thiol groups is 1. The number of carboxylic acids is 1. The predicted octanol–water partition coefficient (Wildman–Crippen LogP) is 0.804. The molecule has 4 rings (SSSR count). The van der Waals surface area contributed by atoms with Crippen molar-refractivity contribution < 1.29 is 19.5 Å². The van der Waals surface area contributed by atoms with E-state index in [4.69, 9.17) is 14.7 Å². The predicted molar refractivity (Wildman–Crippen MR) is 121 cm³/mol. The van der Waals surface area contributed by atoms with E-state index in [-0.39, 0.29) is 18.1 Å². The van der Waals surface area contributed by atoms with Crippen molar-refractivity contribution in [3.05, 3.63) is 35.4 Å². The number of oxime groups is 1. The fraction of sp³-hybridized carbons (Fsp3) is 0.571. The first-order chi connectivity index (χ1) is 15.0. The summed E-state index contributed by atoms with van der Waals surface area (Å²) in [5.74, 6) is -0.768. The van der Waals surface area contributed by atoms with Crippen molar-refractivity contribution in [3.8, 4) is 0 Å². The van der Waals surface area contributed by atoms with Crippen LogP contribution in [0.25, 0.3) is 0 Å². The van der Waals surface area contributed by atoms with Crippen molar-refractivity contribution in [2.45, 2.75) is 18.0 Å². The molecule has 2 atom stereocenters. The lowest BCUT2D eigenvalue weighted by Gasteiger charge is -2.34. The highest BCUT2D eigenvalue weighted by Gasteiger charge is 2.27. The number of benzene rings is 1. The Bertz CT molecular complexity index is 810. The molecule has 9 nitrogen and oxygen atoms in total. The molecule has 0 saturated carbocycles. The summed E-state index contributed by atoms with van der Waals surface area (Å²) in [5.41, 5.74) is 2.97. The van der Waals surface area contributed by atoms with Gasteiger partial charge in [0.25, 0.3) is 0 Å². The standard InChI is InChI=1S/C21H29N5O4S/c27-20(28)14-25-7-5-24(6-8-25)13-18-11-19(23-30-18)17-3-1-16(2-4-17)12-22-26-9-10-29-21(31)15-26/h1-4,12,18,21,31H,5-11,13-15H2,(H,27,28)/b22-12+. The van der Waals surface area contributed by atoms with Crippen molar-refractivity contribution in [1.29, 1.82) is 0 Å². The van der Waals surface area contributed by atoms with Crippen molar-refractivity contribution >= 4 is 30.5 Å². The molecule has 31 heavy (non-hydrogen) atoms. The van der Waals surface area contributed by atoms with E-state index in [1.165, 1.54) is 0 Å².